The minimum atomic E-state index is -0.235. The summed E-state index contributed by atoms with van der Waals surface area (Å²) in [5.41, 5.74) is 3.26. The summed E-state index contributed by atoms with van der Waals surface area (Å²) in [6.07, 6.45) is 0.860. The van der Waals surface area contributed by atoms with E-state index in [9.17, 15) is 0 Å². The van der Waals surface area contributed by atoms with E-state index < -0.39 is 0 Å². The van der Waals surface area contributed by atoms with Crippen LogP contribution in [0.15, 0.2) is 53.5 Å². The van der Waals surface area contributed by atoms with E-state index in [4.69, 9.17) is 14.2 Å². The van der Waals surface area contributed by atoms with E-state index in [0.717, 1.165) is 35.9 Å². The lowest BCUT2D eigenvalue weighted by Gasteiger charge is -2.38. The van der Waals surface area contributed by atoms with Gasteiger partial charge in [0.2, 0.25) is 0 Å². The normalized spacial score (nSPS) is 17.0. The molecule has 3 rings (SSSR count). The third-order valence-corrected chi connectivity index (χ3v) is 5.21. The van der Waals surface area contributed by atoms with E-state index in [1.165, 1.54) is 5.56 Å². The van der Waals surface area contributed by atoms with Crippen LogP contribution in [0.5, 0.6) is 5.75 Å². The van der Waals surface area contributed by atoms with Crippen LogP contribution >= 0.6 is 24.0 Å². The van der Waals surface area contributed by atoms with Crippen LogP contribution in [0.1, 0.15) is 49.9 Å². The van der Waals surface area contributed by atoms with Gasteiger partial charge >= 0.3 is 0 Å². The molecule has 2 aromatic rings. The summed E-state index contributed by atoms with van der Waals surface area (Å²) >= 11 is 0. The number of benzene rings is 2. The molecule has 1 atom stereocenters. The van der Waals surface area contributed by atoms with Crippen LogP contribution in [0.4, 0.5) is 0 Å². The zero-order valence-corrected chi connectivity index (χ0v) is 21.8. The second-order valence-corrected chi connectivity index (χ2v) is 8.30. The van der Waals surface area contributed by atoms with Crippen LogP contribution in [0, 0.1) is 0 Å². The standard InChI is InChI=1S/C25H35N3O3.HI/c1-5-29-13-14-30-18-20-10-8-9-19(15-20)17-27-24(26-4)28-22-16-25(2,3)31-23-12-7-6-11-21(22)23;/h6-12,15,22H,5,13-14,16-18H2,1-4H3,(H2,26,27,28);1H. The Kier molecular flexibility index (Phi) is 10.7. The van der Waals surface area contributed by atoms with Gasteiger partial charge in [-0.3, -0.25) is 4.99 Å². The first-order valence-corrected chi connectivity index (χ1v) is 11.0. The number of ether oxygens (including phenoxy) is 3. The lowest BCUT2D eigenvalue weighted by atomic mass is 9.90. The molecule has 1 aliphatic heterocycles. The number of guanidine groups is 1. The molecule has 1 aliphatic rings. The zero-order chi connectivity index (χ0) is 22.1. The van der Waals surface area contributed by atoms with Crippen molar-refractivity contribution in [2.45, 2.75) is 52.0 Å². The Morgan fingerprint density at radius 3 is 2.62 bits per heavy atom. The molecule has 0 spiro atoms. The minimum absolute atomic E-state index is 0. The SMILES string of the molecule is CCOCCOCc1cccc(CNC(=NC)NC2CC(C)(C)Oc3ccccc32)c1.I. The molecule has 0 saturated heterocycles. The molecule has 0 saturated carbocycles. The summed E-state index contributed by atoms with van der Waals surface area (Å²) in [7, 11) is 1.80. The Morgan fingerprint density at radius 1 is 1.09 bits per heavy atom. The van der Waals surface area contributed by atoms with Crippen LogP contribution in [-0.2, 0) is 22.6 Å². The van der Waals surface area contributed by atoms with Crippen LogP contribution < -0.4 is 15.4 Å². The predicted molar refractivity (Wildman–Crippen MR) is 140 cm³/mol. The van der Waals surface area contributed by atoms with E-state index >= 15 is 0 Å². The number of rotatable bonds is 9. The first kappa shape index (κ1) is 26.4. The maximum atomic E-state index is 6.14. The molecule has 0 fully saturated rings. The van der Waals surface area contributed by atoms with E-state index in [-0.39, 0.29) is 35.6 Å². The average molecular weight is 553 g/mol. The quantitative estimate of drug-likeness (QED) is 0.202. The van der Waals surface area contributed by atoms with Crippen molar-refractivity contribution in [3.63, 3.8) is 0 Å². The van der Waals surface area contributed by atoms with Gasteiger partial charge in [-0.25, -0.2) is 0 Å². The second kappa shape index (κ2) is 13.0. The first-order chi connectivity index (χ1) is 15.0. The van der Waals surface area contributed by atoms with Gasteiger partial charge in [-0.1, -0.05) is 42.5 Å². The fraction of sp³-hybridized carbons (Fsp3) is 0.480. The molecule has 0 amide bonds. The van der Waals surface area contributed by atoms with Gasteiger partial charge in [0.15, 0.2) is 5.96 Å². The van der Waals surface area contributed by atoms with Crippen LogP contribution in [-0.4, -0.2) is 38.4 Å². The summed E-state index contributed by atoms with van der Waals surface area (Å²) in [6, 6.07) is 16.8. The Hall–Kier alpha value is -1.84. The molecule has 2 N–H and O–H groups in total. The summed E-state index contributed by atoms with van der Waals surface area (Å²) in [5, 5.41) is 7.02. The van der Waals surface area contributed by atoms with Gasteiger partial charge in [-0.05, 0) is 38.0 Å². The van der Waals surface area contributed by atoms with Gasteiger partial charge in [0.05, 0.1) is 25.9 Å². The number of hydrogen-bond donors (Lipinski definition) is 2. The maximum Gasteiger partial charge on any atom is 0.191 e. The van der Waals surface area contributed by atoms with E-state index in [0.29, 0.717) is 26.4 Å². The summed E-state index contributed by atoms with van der Waals surface area (Å²) in [4.78, 5) is 4.43. The first-order valence-electron chi connectivity index (χ1n) is 11.0. The smallest absolute Gasteiger partial charge is 0.191 e. The van der Waals surface area contributed by atoms with Crippen LogP contribution in [0.2, 0.25) is 0 Å². The highest BCUT2D eigenvalue weighted by molar-refractivity contribution is 14.0. The van der Waals surface area contributed by atoms with Crippen molar-refractivity contribution >= 4 is 29.9 Å². The minimum Gasteiger partial charge on any atom is -0.487 e. The Balaban J connectivity index is 0.00000363. The summed E-state index contributed by atoms with van der Waals surface area (Å²) in [5.74, 6) is 1.71. The molecule has 0 aromatic heterocycles. The van der Waals surface area contributed by atoms with Crippen molar-refractivity contribution in [3.05, 3.63) is 65.2 Å². The summed E-state index contributed by atoms with van der Waals surface area (Å²) < 4.78 is 17.1. The predicted octanol–water partition coefficient (Wildman–Crippen LogP) is 4.83. The van der Waals surface area contributed by atoms with Gasteiger partial charge in [-0.15, -0.1) is 24.0 Å². The van der Waals surface area contributed by atoms with Crippen molar-refractivity contribution in [1.82, 2.24) is 10.6 Å². The highest BCUT2D eigenvalue weighted by Crippen LogP contribution is 2.39. The largest absolute Gasteiger partial charge is 0.487 e. The topological polar surface area (TPSA) is 64.1 Å². The molecule has 7 heteroatoms. The lowest BCUT2D eigenvalue weighted by Crippen LogP contribution is -2.45. The van der Waals surface area contributed by atoms with Crippen molar-refractivity contribution < 1.29 is 14.2 Å². The molecule has 1 heterocycles. The van der Waals surface area contributed by atoms with E-state index in [1.54, 1.807) is 7.05 Å². The van der Waals surface area contributed by atoms with Gasteiger partial charge in [0.25, 0.3) is 0 Å². The molecule has 32 heavy (non-hydrogen) atoms. The molecule has 1 unspecified atom stereocenters. The molecular weight excluding hydrogens is 517 g/mol. The molecular formula is C25H36IN3O3. The number of halogens is 1. The van der Waals surface area contributed by atoms with Crippen LogP contribution in [0.25, 0.3) is 0 Å². The molecule has 0 bridgehead atoms. The van der Waals surface area contributed by atoms with Crippen molar-refractivity contribution in [3.8, 4) is 5.75 Å². The Labute approximate surface area is 209 Å². The number of nitrogens with zero attached hydrogens (tertiary/aromatic N) is 1. The zero-order valence-electron chi connectivity index (χ0n) is 19.5. The monoisotopic (exact) mass is 553 g/mol. The van der Waals surface area contributed by atoms with Crippen LogP contribution in [0.3, 0.4) is 0 Å². The number of aliphatic imine (C=N–C) groups is 1. The van der Waals surface area contributed by atoms with Gasteiger partial charge in [-0.2, -0.15) is 0 Å². The number of hydrogen-bond acceptors (Lipinski definition) is 4. The Bertz CT molecular complexity index is 873. The number of fused-ring (bicyclic) bond motifs is 1. The lowest BCUT2D eigenvalue weighted by molar-refractivity contribution is 0.0453. The summed E-state index contributed by atoms with van der Waals surface area (Å²) in [6.45, 7) is 9.45. The fourth-order valence-electron chi connectivity index (χ4n) is 3.76. The molecule has 0 aliphatic carbocycles. The van der Waals surface area contributed by atoms with Gasteiger partial charge < -0.3 is 24.8 Å². The molecule has 176 valence electrons. The highest BCUT2D eigenvalue weighted by Gasteiger charge is 2.33. The highest BCUT2D eigenvalue weighted by atomic mass is 127. The third-order valence-electron chi connectivity index (χ3n) is 5.21. The van der Waals surface area contributed by atoms with E-state index in [2.05, 4.69) is 59.8 Å². The third kappa shape index (κ3) is 7.94. The molecule has 2 aromatic carbocycles. The second-order valence-electron chi connectivity index (χ2n) is 8.30. The Morgan fingerprint density at radius 2 is 1.84 bits per heavy atom. The van der Waals surface area contributed by atoms with Gasteiger partial charge in [0.1, 0.15) is 11.4 Å². The number of nitrogens with one attached hydrogen (secondary N) is 2. The van der Waals surface area contributed by atoms with Crippen molar-refractivity contribution in [1.29, 1.82) is 0 Å². The fourth-order valence-corrected chi connectivity index (χ4v) is 3.76. The van der Waals surface area contributed by atoms with Gasteiger partial charge in [0, 0.05) is 32.2 Å². The number of para-hydroxylation sites is 1. The van der Waals surface area contributed by atoms with Crippen molar-refractivity contribution in [2.75, 3.05) is 26.9 Å². The molecule has 0 radical (unpaired) electrons. The maximum absolute atomic E-state index is 6.14. The van der Waals surface area contributed by atoms with E-state index in [1.807, 2.05) is 25.1 Å². The van der Waals surface area contributed by atoms with Crippen molar-refractivity contribution in [2.24, 2.45) is 4.99 Å². The average Bonchev–Trinajstić information content (AvgIpc) is 2.76. The molecule has 6 nitrogen and oxygen atoms in total.